The van der Waals surface area contributed by atoms with Gasteiger partial charge >= 0.3 is 0 Å². The Labute approximate surface area is 178 Å². The predicted octanol–water partition coefficient (Wildman–Crippen LogP) is 3.56. The normalized spacial score (nSPS) is 10.9. The zero-order valence-corrected chi connectivity index (χ0v) is 17.2. The summed E-state index contributed by atoms with van der Waals surface area (Å²) < 4.78 is 5.05. The van der Waals surface area contributed by atoms with Crippen molar-refractivity contribution in [3.05, 3.63) is 58.7 Å². The maximum atomic E-state index is 12.6. The first-order valence-electron chi connectivity index (χ1n) is 9.18. The molecule has 0 aliphatic heterocycles. The number of rotatable bonds is 8. The summed E-state index contributed by atoms with van der Waals surface area (Å²) in [5.74, 6) is 0.118. The van der Waals surface area contributed by atoms with Gasteiger partial charge in [-0.2, -0.15) is 9.90 Å². The second-order valence-electron chi connectivity index (χ2n) is 6.26. The number of hydrogen-bond donors (Lipinski definition) is 3. The van der Waals surface area contributed by atoms with Crippen LogP contribution in [0.3, 0.4) is 0 Å². The molecule has 0 radical (unpaired) electrons. The number of hydrogen-bond acceptors (Lipinski definition) is 7. The van der Waals surface area contributed by atoms with Crippen LogP contribution in [0.4, 0.5) is 11.5 Å². The third-order valence-corrected chi connectivity index (χ3v) is 4.24. The van der Waals surface area contributed by atoms with E-state index in [1.165, 1.54) is 24.2 Å². The van der Waals surface area contributed by atoms with Crippen LogP contribution in [0.15, 0.2) is 47.6 Å². The molecule has 3 N–H and O–H groups in total. The van der Waals surface area contributed by atoms with Crippen LogP contribution in [0.5, 0.6) is 11.5 Å². The molecule has 9 nitrogen and oxygen atoms in total. The number of nitrogens with one attached hydrogen (secondary N) is 2. The minimum absolute atomic E-state index is 0.0177. The van der Waals surface area contributed by atoms with E-state index in [1.807, 2.05) is 6.92 Å². The van der Waals surface area contributed by atoms with Crippen LogP contribution in [-0.4, -0.2) is 39.3 Å². The molecule has 0 spiro atoms. The van der Waals surface area contributed by atoms with Gasteiger partial charge < -0.3 is 15.2 Å². The van der Waals surface area contributed by atoms with Crippen molar-refractivity contribution in [1.82, 2.24) is 20.4 Å². The molecule has 3 aromatic rings. The number of anilines is 2. The van der Waals surface area contributed by atoms with E-state index in [4.69, 9.17) is 16.3 Å². The van der Waals surface area contributed by atoms with Gasteiger partial charge in [-0.15, -0.1) is 10.2 Å². The number of phenols is 1. The average molecular weight is 429 g/mol. The molecule has 0 unspecified atom stereocenters. The van der Waals surface area contributed by atoms with Crippen molar-refractivity contribution in [2.24, 2.45) is 5.10 Å². The number of aromatic nitrogens is 3. The average Bonchev–Trinajstić information content (AvgIpc) is 3.13. The number of carbonyl (C=O) groups is 1. The van der Waals surface area contributed by atoms with Gasteiger partial charge in [-0.1, -0.05) is 18.5 Å². The lowest BCUT2D eigenvalue weighted by Crippen LogP contribution is -2.19. The molecule has 1 aromatic heterocycles. The molecule has 156 valence electrons. The molecule has 1 amide bonds. The van der Waals surface area contributed by atoms with Gasteiger partial charge in [0.15, 0.2) is 23.0 Å². The fraction of sp³-hybridized carbons (Fsp3) is 0.200. The zero-order chi connectivity index (χ0) is 21.5. The Morgan fingerprint density at radius 1 is 1.27 bits per heavy atom. The molecular weight excluding hydrogens is 408 g/mol. The number of amides is 1. The highest BCUT2D eigenvalue weighted by Crippen LogP contribution is 2.25. The molecule has 0 saturated carbocycles. The summed E-state index contributed by atoms with van der Waals surface area (Å²) in [4.78, 5) is 14.1. The summed E-state index contributed by atoms with van der Waals surface area (Å²) in [5.41, 5.74) is 3.91. The van der Waals surface area contributed by atoms with Gasteiger partial charge in [-0.25, -0.2) is 5.43 Å². The molecule has 0 saturated heterocycles. The van der Waals surface area contributed by atoms with Crippen molar-refractivity contribution >= 4 is 35.2 Å². The van der Waals surface area contributed by atoms with Crippen LogP contribution in [0, 0.1) is 0 Å². The first kappa shape index (κ1) is 21.1. The minimum atomic E-state index is -0.518. The molecule has 30 heavy (non-hydrogen) atoms. The molecule has 0 bridgehead atoms. The van der Waals surface area contributed by atoms with Crippen LogP contribution in [0.25, 0.3) is 0 Å². The Kier molecular flexibility index (Phi) is 6.87. The van der Waals surface area contributed by atoms with Crippen molar-refractivity contribution in [1.29, 1.82) is 0 Å². The van der Waals surface area contributed by atoms with E-state index in [-0.39, 0.29) is 11.4 Å². The highest BCUT2D eigenvalue weighted by Gasteiger charge is 2.18. The third-order valence-electron chi connectivity index (χ3n) is 3.98. The van der Waals surface area contributed by atoms with Crippen molar-refractivity contribution in [2.45, 2.75) is 19.9 Å². The molecule has 0 aliphatic rings. The molecule has 0 atom stereocenters. The Balaban J connectivity index is 1.76. The highest BCUT2D eigenvalue weighted by atomic mass is 35.5. The standard InChI is InChI=1S/C20H21ClN6O3/c1-3-10-27-25-18(19(26-27)23-15-7-5-14(21)6-8-15)20(29)24-22-12-13-4-9-16(28)17(11-13)30-2/h4-9,11-12,28H,3,10H2,1-2H3,(H,23,26)(H,24,29)/b22-12-. The van der Waals surface area contributed by atoms with E-state index in [1.54, 1.807) is 36.4 Å². The smallest absolute Gasteiger partial charge is 0.295 e. The number of aromatic hydroxyl groups is 1. The first-order valence-corrected chi connectivity index (χ1v) is 9.56. The van der Waals surface area contributed by atoms with Gasteiger partial charge in [0, 0.05) is 10.7 Å². The van der Waals surface area contributed by atoms with E-state index in [2.05, 4.69) is 26.0 Å². The van der Waals surface area contributed by atoms with E-state index in [9.17, 15) is 9.90 Å². The number of methoxy groups -OCH3 is 1. The maximum absolute atomic E-state index is 12.6. The molecule has 0 aliphatic carbocycles. The maximum Gasteiger partial charge on any atom is 0.295 e. The van der Waals surface area contributed by atoms with Crippen LogP contribution in [0.2, 0.25) is 5.02 Å². The Bertz CT molecular complexity index is 1050. The summed E-state index contributed by atoms with van der Waals surface area (Å²) in [6, 6.07) is 11.7. The van der Waals surface area contributed by atoms with Crippen molar-refractivity contribution in [2.75, 3.05) is 12.4 Å². The molecule has 1 heterocycles. The van der Waals surface area contributed by atoms with Gasteiger partial charge in [-0.3, -0.25) is 4.79 Å². The summed E-state index contributed by atoms with van der Waals surface area (Å²) in [6.07, 6.45) is 2.25. The number of nitrogens with zero attached hydrogens (tertiary/aromatic N) is 4. The molecule has 0 fully saturated rings. The van der Waals surface area contributed by atoms with E-state index in [0.29, 0.717) is 28.7 Å². The lowest BCUT2D eigenvalue weighted by atomic mass is 10.2. The number of carbonyl (C=O) groups excluding carboxylic acids is 1. The number of benzene rings is 2. The minimum Gasteiger partial charge on any atom is -0.504 e. The van der Waals surface area contributed by atoms with Crippen molar-refractivity contribution < 1.29 is 14.6 Å². The van der Waals surface area contributed by atoms with Gasteiger partial charge in [-0.05, 0) is 54.4 Å². The largest absolute Gasteiger partial charge is 0.504 e. The highest BCUT2D eigenvalue weighted by molar-refractivity contribution is 6.30. The number of aryl methyl sites for hydroxylation is 1. The number of hydrazone groups is 1. The van der Waals surface area contributed by atoms with Gasteiger partial charge in [0.05, 0.1) is 19.9 Å². The Morgan fingerprint density at radius 2 is 2.03 bits per heavy atom. The SMILES string of the molecule is CCCn1nc(Nc2ccc(Cl)cc2)c(C(=O)N/N=C\c2ccc(O)c(OC)c2)n1. The second kappa shape index (κ2) is 9.75. The summed E-state index contributed by atoms with van der Waals surface area (Å²) >= 11 is 5.92. The van der Waals surface area contributed by atoms with Crippen LogP contribution < -0.4 is 15.5 Å². The molecule has 2 aromatic carbocycles. The van der Waals surface area contributed by atoms with Crippen LogP contribution in [-0.2, 0) is 6.54 Å². The zero-order valence-electron chi connectivity index (χ0n) is 16.5. The molecule has 3 rings (SSSR count). The quantitative estimate of drug-likeness (QED) is 0.373. The summed E-state index contributed by atoms with van der Waals surface area (Å²) in [7, 11) is 1.45. The number of ether oxygens (including phenoxy) is 1. The lowest BCUT2D eigenvalue weighted by molar-refractivity contribution is 0.0950. The second-order valence-corrected chi connectivity index (χ2v) is 6.69. The fourth-order valence-corrected chi connectivity index (χ4v) is 2.67. The third kappa shape index (κ3) is 5.26. The molecular formula is C20H21ClN6O3. The predicted molar refractivity (Wildman–Crippen MR) is 115 cm³/mol. The Hall–Kier alpha value is -3.59. The number of phenolic OH excluding ortho intramolecular Hbond substituents is 1. The van der Waals surface area contributed by atoms with Crippen molar-refractivity contribution in [3.8, 4) is 11.5 Å². The van der Waals surface area contributed by atoms with Gasteiger partial charge in [0.25, 0.3) is 5.91 Å². The summed E-state index contributed by atoms with van der Waals surface area (Å²) in [5, 5.41) is 25.9. The van der Waals surface area contributed by atoms with Crippen molar-refractivity contribution in [3.63, 3.8) is 0 Å². The fourth-order valence-electron chi connectivity index (χ4n) is 2.55. The van der Waals surface area contributed by atoms with E-state index in [0.717, 1.165) is 12.1 Å². The number of halogens is 1. The van der Waals surface area contributed by atoms with Gasteiger partial charge in [0.1, 0.15) is 0 Å². The van der Waals surface area contributed by atoms with Crippen LogP contribution in [0.1, 0.15) is 29.4 Å². The summed E-state index contributed by atoms with van der Waals surface area (Å²) in [6.45, 7) is 2.56. The monoisotopic (exact) mass is 428 g/mol. The van der Waals surface area contributed by atoms with E-state index >= 15 is 0 Å². The lowest BCUT2D eigenvalue weighted by Gasteiger charge is -2.05. The first-order chi connectivity index (χ1) is 14.5. The topological polar surface area (TPSA) is 114 Å². The van der Waals surface area contributed by atoms with Gasteiger partial charge in [0.2, 0.25) is 0 Å². The van der Waals surface area contributed by atoms with Crippen LogP contribution >= 0.6 is 11.6 Å². The van der Waals surface area contributed by atoms with E-state index < -0.39 is 5.91 Å². The molecule has 10 heteroatoms. The Morgan fingerprint density at radius 3 is 2.73 bits per heavy atom.